The quantitative estimate of drug-likeness (QED) is 0.460. The van der Waals surface area contributed by atoms with Crippen molar-refractivity contribution in [3.63, 3.8) is 0 Å². The van der Waals surface area contributed by atoms with Crippen molar-refractivity contribution in [3.05, 3.63) is 65.8 Å². The van der Waals surface area contributed by atoms with Crippen LogP contribution in [-0.4, -0.2) is 15.7 Å². The summed E-state index contributed by atoms with van der Waals surface area (Å²) >= 11 is 0. The van der Waals surface area contributed by atoms with E-state index in [1.54, 1.807) is 0 Å². The highest BCUT2D eigenvalue weighted by Crippen LogP contribution is 2.15. The van der Waals surface area contributed by atoms with Crippen LogP contribution in [0.15, 0.2) is 54.6 Å². The van der Waals surface area contributed by atoms with Crippen LogP contribution in [0.2, 0.25) is 0 Å². The average Bonchev–Trinajstić information content (AvgIpc) is 2.96. The third-order valence-electron chi connectivity index (χ3n) is 5.02. The zero-order chi connectivity index (χ0) is 18.9. The molecule has 0 fully saturated rings. The summed E-state index contributed by atoms with van der Waals surface area (Å²) in [4.78, 5) is 0. The second-order valence-electron chi connectivity index (χ2n) is 7.12. The van der Waals surface area contributed by atoms with Crippen LogP contribution in [0, 0.1) is 5.41 Å². The first-order valence-electron chi connectivity index (χ1n) is 10.2. The fourth-order valence-electron chi connectivity index (χ4n) is 3.49. The number of unbranched alkanes of at least 4 members (excludes halogenated alkanes) is 5. The minimum atomic E-state index is 0.441. The number of benzene rings is 2. The number of aromatic nitrogens is 2. The van der Waals surface area contributed by atoms with Gasteiger partial charge >= 0.3 is 0 Å². The standard InChI is InChI=1S/C23H31N3O/c1-2-3-4-5-6-12-17-27-19-26-22-16-11-10-15-21(22)25(23(26)24)18-20-13-8-7-9-14-20/h7-11,13-16,24H,2-6,12,17-19H2,1H3. The zero-order valence-electron chi connectivity index (χ0n) is 16.4. The number of hydrogen-bond donors (Lipinski definition) is 1. The Balaban J connectivity index is 1.65. The molecule has 3 aromatic rings. The summed E-state index contributed by atoms with van der Waals surface area (Å²) in [6.07, 6.45) is 7.57. The van der Waals surface area contributed by atoms with E-state index in [-0.39, 0.29) is 0 Å². The second kappa shape index (κ2) is 10.1. The van der Waals surface area contributed by atoms with Gasteiger partial charge in [0.05, 0.1) is 17.6 Å². The average molecular weight is 366 g/mol. The van der Waals surface area contributed by atoms with Gasteiger partial charge < -0.3 is 9.30 Å². The maximum Gasteiger partial charge on any atom is 0.205 e. The van der Waals surface area contributed by atoms with Gasteiger partial charge in [-0.15, -0.1) is 0 Å². The Bertz CT molecular complexity index is 880. The molecular weight excluding hydrogens is 334 g/mol. The number of imidazole rings is 1. The second-order valence-corrected chi connectivity index (χ2v) is 7.12. The molecule has 0 amide bonds. The lowest BCUT2D eigenvalue weighted by Gasteiger charge is -2.07. The molecule has 2 aromatic carbocycles. The fraction of sp³-hybridized carbons (Fsp3) is 0.435. The molecule has 1 heterocycles. The lowest BCUT2D eigenvalue weighted by atomic mass is 10.1. The molecule has 0 bridgehead atoms. The Morgan fingerprint density at radius 2 is 1.41 bits per heavy atom. The van der Waals surface area contributed by atoms with Crippen molar-refractivity contribution in [2.45, 2.75) is 58.7 Å². The van der Waals surface area contributed by atoms with Gasteiger partial charge in [0.2, 0.25) is 5.62 Å². The molecule has 0 radical (unpaired) electrons. The van der Waals surface area contributed by atoms with Crippen molar-refractivity contribution in [3.8, 4) is 0 Å². The van der Waals surface area contributed by atoms with Gasteiger partial charge in [-0.1, -0.05) is 81.5 Å². The summed E-state index contributed by atoms with van der Waals surface area (Å²) in [7, 11) is 0. The van der Waals surface area contributed by atoms with E-state index in [1.807, 2.05) is 34.9 Å². The van der Waals surface area contributed by atoms with Gasteiger partial charge in [0, 0.05) is 6.61 Å². The minimum absolute atomic E-state index is 0.441. The van der Waals surface area contributed by atoms with Gasteiger partial charge in [-0.3, -0.25) is 9.98 Å². The zero-order valence-corrected chi connectivity index (χ0v) is 16.4. The Hall–Kier alpha value is -2.33. The van der Waals surface area contributed by atoms with Crippen molar-refractivity contribution in [2.75, 3.05) is 6.61 Å². The van der Waals surface area contributed by atoms with Gasteiger partial charge in [0.15, 0.2) is 0 Å². The van der Waals surface area contributed by atoms with Crippen molar-refractivity contribution >= 4 is 11.0 Å². The van der Waals surface area contributed by atoms with E-state index in [9.17, 15) is 0 Å². The number of ether oxygens (including phenoxy) is 1. The summed E-state index contributed by atoms with van der Waals surface area (Å²) in [5, 5.41) is 8.66. The lowest BCUT2D eigenvalue weighted by Crippen LogP contribution is -2.26. The Morgan fingerprint density at radius 3 is 2.15 bits per heavy atom. The van der Waals surface area contributed by atoms with E-state index in [2.05, 4.69) is 35.8 Å². The number of hydrogen-bond acceptors (Lipinski definition) is 2. The van der Waals surface area contributed by atoms with Crippen LogP contribution in [0.4, 0.5) is 0 Å². The number of fused-ring (bicyclic) bond motifs is 1. The van der Waals surface area contributed by atoms with E-state index in [4.69, 9.17) is 10.1 Å². The molecule has 1 N–H and O–H groups in total. The van der Waals surface area contributed by atoms with Crippen LogP contribution in [0.3, 0.4) is 0 Å². The highest BCUT2D eigenvalue weighted by Gasteiger charge is 2.10. The van der Waals surface area contributed by atoms with E-state index in [1.165, 1.54) is 37.7 Å². The molecule has 0 unspecified atom stereocenters. The number of nitrogens with one attached hydrogen (secondary N) is 1. The molecule has 1 aromatic heterocycles. The maximum atomic E-state index is 8.66. The van der Waals surface area contributed by atoms with Crippen LogP contribution < -0.4 is 5.62 Å². The van der Waals surface area contributed by atoms with Crippen LogP contribution in [0.25, 0.3) is 11.0 Å². The molecule has 0 atom stereocenters. The van der Waals surface area contributed by atoms with Gasteiger partial charge in [0.1, 0.15) is 6.73 Å². The van der Waals surface area contributed by atoms with Crippen molar-refractivity contribution in [1.29, 1.82) is 5.41 Å². The highest BCUT2D eigenvalue weighted by molar-refractivity contribution is 5.75. The van der Waals surface area contributed by atoms with Crippen LogP contribution in [-0.2, 0) is 18.0 Å². The maximum absolute atomic E-state index is 8.66. The monoisotopic (exact) mass is 365 g/mol. The smallest absolute Gasteiger partial charge is 0.205 e. The molecule has 0 aliphatic heterocycles. The SMILES string of the molecule is CCCCCCCCOCn1c(=N)n(Cc2ccccc2)c2ccccc21. The van der Waals surface area contributed by atoms with Crippen LogP contribution in [0.5, 0.6) is 0 Å². The summed E-state index contributed by atoms with van der Waals surface area (Å²) in [5.74, 6) is 0. The largest absolute Gasteiger partial charge is 0.361 e. The van der Waals surface area contributed by atoms with E-state index in [0.29, 0.717) is 18.9 Å². The molecule has 0 spiro atoms. The predicted octanol–water partition coefficient (Wildman–Crippen LogP) is 5.31. The Morgan fingerprint density at radius 1 is 0.778 bits per heavy atom. The molecule has 144 valence electrons. The number of nitrogens with zero attached hydrogens (tertiary/aromatic N) is 2. The van der Waals surface area contributed by atoms with E-state index >= 15 is 0 Å². The summed E-state index contributed by atoms with van der Waals surface area (Å²) in [6.45, 7) is 4.14. The molecule has 4 heteroatoms. The summed E-state index contributed by atoms with van der Waals surface area (Å²) in [5.41, 5.74) is 3.82. The van der Waals surface area contributed by atoms with E-state index in [0.717, 1.165) is 24.1 Å². The molecule has 3 rings (SSSR count). The summed E-state index contributed by atoms with van der Waals surface area (Å²) in [6, 6.07) is 18.5. The lowest BCUT2D eigenvalue weighted by molar-refractivity contribution is 0.0730. The minimum Gasteiger partial charge on any atom is -0.361 e. The number of para-hydroxylation sites is 2. The van der Waals surface area contributed by atoms with Crippen LogP contribution in [0.1, 0.15) is 51.0 Å². The molecule has 4 nitrogen and oxygen atoms in total. The van der Waals surface area contributed by atoms with Crippen molar-refractivity contribution in [2.24, 2.45) is 0 Å². The van der Waals surface area contributed by atoms with Gasteiger partial charge in [-0.05, 0) is 24.1 Å². The molecule has 0 aliphatic rings. The van der Waals surface area contributed by atoms with Crippen molar-refractivity contribution in [1.82, 2.24) is 9.13 Å². The van der Waals surface area contributed by atoms with Crippen LogP contribution >= 0.6 is 0 Å². The first kappa shape index (κ1) is 19.4. The fourth-order valence-corrected chi connectivity index (χ4v) is 3.49. The molecule has 27 heavy (non-hydrogen) atoms. The van der Waals surface area contributed by atoms with Gasteiger partial charge in [0.25, 0.3) is 0 Å². The molecule has 0 saturated heterocycles. The van der Waals surface area contributed by atoms with Gasteiger partial charge in [-0.2, -0.15) is 0 Å². The Labute approximate surface area is 161 Å². The van der Waals surface area contributed by atoms with Gasteiger partial charge in [-0.25, -0.2) is 0 Å². The molecular formula is C23H31N3O. The Kier molecular flexibility index (Phi) is 7.28. The number of rotatable bonds is 11. The first-order valence-corrected chi connectivity index (χ1v) is 10.2. The highest BCUT2D eigenvalue weighted by atomic mass is 16.5. The molecule has 0 aliphatic carbocycles. The topological polar surface area (TPSA) is 42.9 Å². The third-order valence-corrected chi connectivity index (χ3v) is 5.02. The van der Waals surface area contributed by atoms with E-state index < -0.39 is 0 Å². The van der Waals surface area contributed by atoms with Crippen molar-refractivity contribution < 1.29 is 4.74 Å². The molecule has 0 saturated carbocycles. The first-order chi connectivity index (χ1) is 13.3. The summed E-state index contributed by atoms with van der Waals surface area (Å²) < 4.78 is 9.93. The third kappa shape index (κ3) is 5.10. The predicted molar refractivity (Wildman–Crippen MR) is 111 cm³/mol. The normalized spacial score (nSPS) is 11.3.